The molecule has 0 saturated carbocycles. The van der Waals surface area contributed by atoms with Crippen molar-refractivity contribution in [1.29, 1.82) is 0 Å². The minimum Gasteiger partial charge on any atom is -0.366 e. The van der Waals surface area contributed by atoms with Gasteiger partial charge < -0.3 is 14.8 Å². The van der Waals surface area contributed by atoms with Gasteiger partial charge in [-0.15, -0.1) is 0 Å². The molecule has 0 bridgehead atoms. The van der Waals surface area contributed by atoms with Gasteiger partial charge in [-0.3, -0.25) is 0 Å². The Labute approximate surface area is 206 Å². The molecular weight excluding hydrogens is 499 g/mol. The Balaban J connectivity index is 1.34. The Morgan fingerprint density at radius 2 is 2.06 bits per heavy atom. The molecule has 178 valence electrons. The van der Waals surface area contributed by atoms with Crippen LogP contribution < -0.4 is 14.9 Å². The predicted octanol–water partition coefficient (Wildman–Crippen LogP) is 2.94. The number of aryl methyl sites for hydroxylation is 1. The third-order valence-electron chi connectivity index (χ3n) is 5.70. The molecular formula is C21H22Cl2N8O2S. The second kappa shape index (κ2) is 9.06. The molecule has 2 N–H and O–H groups in total. The molecule has 4 aromatic rings. The lowest BCUT2D eigenvalue weighted by Crippen LogP contribution is -2.37. The van der Waals surface area contributed by atoms with Crippen molar-refractivity contribution in [1.82, 2.24) is 28.9 Å². The third-order valence-corrected chi connectivity index (χ3v) is 7.88. The van der Waals surface area contributed by atoms with E-state index in [-0.39, 0.29) is 11.1 Å². The summed E-state index contributed by atoms with van der Waals surface area (Å²) in [6, 6.07) is 8.86. The standard InChI is InChI=1S/C21H22Cl2N8O2S/c1-29-13-24-11-21(29)34(32,33)28-16-5-7-30(12-16)20-9-19(31-18(27-20)4-6-26-31)25-10-14-2-3-15(22)8-17(14)23/h2-4,6,8-9,11,13,16,25,28H,5,7,10,12H2,1H3. The van der Waals surface area contributed by atoms with Gasteiger partial charge in [0, 0.05) is 54.9 Å². The molecule has 13 heteroatoms. The van der Waals surface area contributed by atoms with Crippen molar-refractivity contribution < 1.29 is 8.42 Å². The number of sulfonamides is 1. The molecule has 1 aliphatic heterocycles. The maximum absolute atomic E-state index is 12.7. The van der Waals surface area contributed by atoms with E-state index in [0.29, 0.717) is 41.7 Å². The summed E-state index contributed by atoms with van der Waals surface area (Å²) in [4.78, 5) is 10.7. The van der Waals surface area contributed by atoms with E-state index in [4.69, 9.17) is 28.2 Å². The van der Waals surface area contributed by atoms with E-state index in [1.165, 1.54) is 17.1 Å². The highest BCUT2D eigenvalue weighted by molar-refractivity contribution is 7.89. The van der Waals surface area contributed by atoms with Gasteiger partial charge >= 0.3 is 0 Å². The fourth-order valence-corrected chi connectivity index (χ4v) is 5.84. The molecule has 0 aliphatic carbocycles. The first-order chi connectivity index (χ1) is 16.3. The summed E-state index contributed by atoms with van der Waals surface area (Å²) in [5.74, 6) is 1.48. The summed E-state index contributed by atoms with van der Waals surface area (Å²) in [6.45, 7) is 1.64. The molecule has 1 atom stereocenters. The third kappa shape index (κ3) is 4.56. The number of fused-ring (bicyclic) bond motifs is 1. The molecule has 34 heavy (non-hydrogen) atoms. The number of nitrogens with zero attached hydrogens (tertiary/aromatic N) is 6. The zero-order chi connectivity index (χ0) is 23.9. The van der Waals surface area contributed by atoms with Crippen LogP contribution in [-0.4, -0.2) is 51.7 Å². The zero-order valence-electron chi connectivity index (χ0n) is 18.2. The van der Waals surface area contributed by atoms with Crippen molar-refractivity contribution in [2.24, 2.45) is 7.05 Å². The molecule has 1 fully saturated rings. The van der Waals surface area contributed by atoms with E-state index in [1.807, 2.05) is 18.2 Å². The number of halogens is 2. The average Bonchev–Trinajstić information content (AvgIpc) is 3.53. The molecule has 0 radical (unpaired) electrons. The van der Waals surface area contributed by atoms with Crippen LogP contribution >= 0.6 is 23.2 Å². The van der Waals surface area contributed by atoms with Crippen LogP contribution in [0, 0.1) is 0 Å². The topological polar surface area (TPSA) is 109 Å². The molecule has 1 aliphatic rings. The largest absolute Gasteiger partial charge is 0.366 e. The summed E-state index contributed by atoms with van der Waals surface area (Å²) >= 11 is 12.3. The van der Waals surface area contributed by atoms with Gasteiger partial charge in [0.1, 0.15) is 11.6 Å². The summed E-state index contributed by atoms with van der Waals surface area (Å²) in [5, 5.41) is 9.02. The van der Waals surface area contributed by atoms with Crippen LogP contribution in [0.25, 0.3) is 5.65 Å². The summed E-state index contributed by atoms with van der Waals surface area (Å²) < 4.78 is 31.4. The fourth-order valence-electron chi connectivity index (χ4n) is 3.99. The van der Waals surface area contributed by atoms with Gasteiger partial charge in [0.05, 0.1) is 18.7 Å². The first kappa shape index (κ1) is 22.9. The highest BCUT2D eigenvalue weighted by atomic mass is 35.5. The molecule has 1 unspecified atom stereocenters. The Kier molecular flexibility index (Phi) is 6.11. The van der Waals surface area contributed by atoms with Gasteiger partial charge in [-0.05, 0) is 24.1 Å². The summed E-state index contributed by atoms with van der Waals surface area (Å²) in [5.41, 5.74) is 1.58. The number of imidazole rings is 1. The summed E-state index contributed by atoms with van der Waals surface area (Å²) in [6.07, 6.45) is 5.15. The zero-order valence-corrected chi connectivity index (χ0v) is 20.5. The lowest BCUT2D eigenvalue weighted by Gasteiger charge is -2.20. The molecule has 1 aromatic carbocycles. The minimum atomic E-state index is -3.66. The van der Waals surface area contributed by atoms with Gasteiger partial charge in [0.25, 0.3) is 10.0 Å². The first-order valence-corrected chi connectivity index (χ1v) is 12.8. The van der Waals surface area contributed by atoms with Gasteiger partial charge in [0.2, 0.25) is 0 Å². The highest BCUT2D eigenvalue weighted by Crippen LogP contribution is 2.26. The molecule has 4 heterocycles. The van der Waals surface area contributed by atoms with Crippen LogP contribution in [-0.2, 0) is 23.6 Å². The predicted molar refractivity (Wildman–Crippen MR) is 131 cm³/mol. The molecule has 0 spiro atoms. The van der Waals surface area contributed by atoms with Crippen LogP contribution in [0.2, 0.25) is 10.0 Å². The lowest BCUT2D eigenvalue weighted by molar-refractivity contribution is 0.552. The molecule has 5 rings (SSSR count). The van der Waals surface area contributed by atoms with Gasteiger partial charge in [-0.1, -0.05) is 29.3 Å². The lowest BCUT2D eigenvalue weighted by atomic mass is 10.2. The molecule has 10 nitrogen and oxygen atoms in total. The van der Waals surface area contributed by atoms with Crippen molar-refractivity contribution in [3.8, 4) is 0 Å². The number of nitrogens with one attached hydrogen (secondary N) is 2. The quantitative estimate of drug-likeness (QED) is 0.385. The number of aromatic nitrogens is 5. The van der Waals surface area contributed by atoms with Gasteiger partial charge in [0.15, 0.2) is 10.7 Å². The maximum Gasteiger partial charge on any atom is 0.258 e. The first-order valence-electron chi connectivity index (χ1n) is 10.6. The average molecular weight is 521 g/mol. The Morgan fingerprint density at radius 1 is 1.21 bits per heavy atom. The van der Waals surface area contributed by atoms with Gasteiger partial charge in [-0.25, -0.2) is 23.1 Å². The minimum absolute atomic E-state index is 0.136. The number of rotatable bonds is 7. The number of benzene rings is 1. The van der Waals surface area contributed by atoms with E-state index in [2.05, 4.69) is 25.0 Å². The summed E-state index contributed by atoms with van der Waals surface area (Å²) in [7, 11) is -2.01. The van der Waals surface area contributed by atoms with E-state index in [9.17, 15) is 8.42 Å². The molecule has 0 amide bonds. The Morgan fingerprint density at radius 3 is 2.82 bits per heavy atom. The van der Waals surface area contributed by atoms with E-state index in [0.717, 1.165) is 17.2 Å². The van der Waals surface area contributed by atoms with E-state index in [1.54, 1.807) is 29.9 Å². The van der Waals surface area contributed by atoms with E-state index >= 15 is 0 Å². The number of hydrogen-bond donors (Lipinski definition) is 2. The van der Waals surface area contributed by atoms with Crippen molar-refractivity contribution in [2.45, 2.75) is 24.0 Å². The second-order valence-corrected chi connectivity index (χ2v) is 10.6. The Hall–Kier alpha value is -2.86. The van der Waals surface area contributed by atoms with Crippen LogP contribution in [0.1, 0.15) is 12.0 Å². The van der Waals surface area contributed by atoms with Crippen molar-refractivity contribution in [3.05, 3.63) is 64.7 Å². The van der Waals surface area contributed by atoms with Crippen molar-refractivity contribution >= 4 is 50.5 Å². The molecule has 3 aromatic heterocycles. The van der Waals surface area contributed by atoms with Crippen molar-refractivity contribution in [3.63, 3.8) is 0 Å². The Bertz CT molecular complexity index is 1450. The smallest absolute Gasteiger partial charge is 0.258 e. The molecule has 1 saturated heterocycles. The monoisotopic (exact) mass is 520 g/mol. The number of anilines is 2. The fraction of sp³-hybridized carbons (Fsp3) is 0.286. The second-order valence-electron chi connectivity index (χ2n) is 8.09. The van der Waals surface area contributed by atoms with Gasteiger partial charge in [-0.2, -0.15) is 9.61 Å². The van der Waals surface area contributed by atoms with Crippen LogP contribution in [0.3, 0.4) is 0 Å². The van der Waals surface area contributed by atoms with Crippen LogP contribution in [0.4, 0.5) is 11.6 Å². The van der Waals surface area contributed by atoms with E-state index < -0.39 is 10.0 Å². The SMILES string of the molecule is Cn1cncc1S(=O)(=O)NC1CCN(c2cc(NCc3ccc(Cl)cc3Cl)n3nccc3n2)C1. The maximum atomic E-state index is 12.7. The van der Waals surface area contributed by atoms with Crippen LogP contribution in [0.15, 0.2) is 54.1 Å². The normalized spacial score (nSPS) is 16.4. The highest BCUT2D eigenvalue weighted by Gasteiger charge is 2.29. The number of hydrogen-bond acceptors (Lipinski definition) is 7. The van der Waals surface area contributed by atoms with Crippen molar-refractivity contribution in [2.75, 3.05) is 23.3 Å². The van der Waals surface area contributed by atoms with Crippen LogP contribution in [0.5, 0.6) is 0 Å².